The van der Waals surface area contributed by atoms with E-state index in [4.69, 9.17) is 5.84 Å². The van der Waals surface area contributed by atoms with E-state index < -0.39 is 0 Å². The molecule has 2 heteroatoms. The van der Waals surface area contributed by atoms with E-state index in [0.717, 1.165) is 12.3 Å². The van der Waals surface area contributed by atoms with Gasteiger partial charge in [0.2, 0.25) is 0 Å². The lowest BCUT2D eigenvalue weighted by molar-refractivity contribution is 0.161. The van der Waals surface area contributed by atoms with Crippen LogP contribution in [0.3, 0.4) is 0 Å². The predicted octanol–water partition coefficient (Wildman–Crippen LogP) is 3.59. The molecule has 19 heavy (non-hydrogen) atoms. The fraction of sp³-hybridized carbons (Fsp3) is 0.647. The quantitative estimate of drug-likeness (QED) is 0.641. The Labute approximate surface area is 117 Å². The van der Waals surface area contributed by atoms with Gasteiger partial charge in [0.1, 0.15) is 0 Å². The first-order valence-corrected chi connectivity index (χ1v) is 7.52. The van der Waals surface area contributed by atoms with Gasteiger partial charge in [0, 0.05) is 6.04 Å². The number of hydrogen-bond donors (Lipinski definition) is 2. The Kier molecular flexibility index (Phi) is 4.64. The molecule has 0 bridgehead atoms. The largest absolute Gasteiger partial charge is 0.271 e. The van der Waals surface area contributed by atoms with Gasteiger partial charge in [-0.1, -0.05) is 43.7 Å². The summed E-state index contributed by atoms with van der Waals surface area (Å²) in [7, 11) is 0. The first-order chi connectivity index (χ1) is 9.00. The zero-order chi connectivity index (χ0) is 13.9. The van der Waals surface area contributed by atoms with E-state index in [0.29, 0.717) is 11.5 Å². The van der Waals surface area contributed by atoms with Crippen LogP contribution in [0, 0.1) is 18.3 Å². The van der Waals surface area contributed by atoms with Crippen molar-refractivity contribution in [3.8, 4) is 0 Å². The first-order valence-electron chi connectivity index (χ1n) is 7.52. The van der Waals surface area contributed by atoms with Crippen molar-refractivity contribution < 1.29 is 0 Å². The molecule has 1 aromatic rings. The zero-order valence-electron chi connectivity index (χ0n) is 12.6. The molecule has 1 aromatic carbocycles. The standard InChI is InChI=1S/C17H28N2/c1-13-5-4-6-14(11-13)12-16(19-18)15-7-9-17(2,3)10-8-15/h4-6,11,15-16,19H,7-10,12,18H2,1-3H3. The summed E-state index contributed by atoms with van der Waals surface area (Å²) in [4.78, 5) is 0. The molecule has 0 spiro atoms. The molecule has 1 atom stereocenters. The molecule has 2 nitrogen and oxygen atoms in total. The highest BCUT2D eigenvalue weighted by molar-refractivity contribution is 5.23. The molecule has 106 valence electrons. The molecule has 0 radical (unpaired) electrons. The lowest BCUT2D eigenvalue weighted by Gasteiger charge is -2.38. The minimum absolute atomic E-state index is 0.415. The van der Waals surface area contributed by atoms with Gasteiger partial charge in [0.05, 0.1) is 0 Å². The number of benzene rings is 1. The fourth-order valence-corrected chi connectivity index (χ4v) is 3.28. The Bertz CT molecular complexity index is 401. The van der Waals surface area contributed by atoms with Crippen LogP contribution in [-0.4, -0.2) is 6.04 Å². The lowest BCUT2D eigenvalue weighted by Crippen LogP contribution is -2.44. The monoisotopic (exact) mass is 260 g/mol. The van der Waals surface area contributed by atoms with Gasteiger partial charge in [-0.05, 0) is 55.9 Å². The maximum Gasteiger partial charge on any atom is 0.0279 e. The molecular weight excluding hydrogens is 232 g/mol. The van der Waals surface area contributed by atoms with E-state index in [1.807, 2.05) is 0 Å². The van der Waals surface area contributed by atoms with Crippen molar-refractivity contribution in [3.63, 3.8) is 0 Å². The zero-order valence-corrected chi connectivity index (χ0v) is 12.6. The molecule has 1 aliphatic rings. The number of nitrogens with one attached hydrogen (secondary N) is 1. The molecular formula is C17H28N2. The second-order valence-electron chi connectivity index (χ2n) is 6.97. The van der Waals surface area contributed by atoms with Gasteiger partial charge < -0.3 is 0 Å². The van der Waals surface area contributed by atoms with Gasteiger partial charge >= 0.3 is 0 Å². The number of hydrazine groups is 1. The van der Waals surface area contributed by atoms with Gasteiger partial charge in [-0.25, -0.2) is 0 Å². The first kappa shape index (κ1) is 14.5. The van der Waals surface area contributed by atoms with Gasteiger partial charge in [-0.3, -0.25) is 11.3 Å². The third-order valence-corrected chi connectivity index (χ3v) is 4.71. The predicted molar refractivity (Wildman–Crippen MR) is 81.7 cm³/mol. The summed E-state index contributed by atoms with van der Waals surface area (Å²) in [6, 6.07) is 9.19. The summed E-state index contributed by atoms with van der Waals surface area (Å²) in [5.41, 5.74) is 6.32. The van der Waals surface area contributed by atoms with E-state index in [9.17, 15) is 0 Å². The Morgan fingerprint density at radius 3 is 2.58 bits per heavy atom. The summed E-state index contributed by atoms with van der Waals surface area (Å²) >= 11 is 0. The maximum atomic E-state index is 5.81. The molecule has 1 unspecified atom stereocenters. The third kappa shape index (κ3) is 4.05. The summed E-state index contributed by atoms with van der Waals surface area (Å²) in [6.07, 6.45) is 6.29. The second-order valence-corrected chi connectivity index (χ2v) is 6.97. The fourth-order valence-electron chi connectivity index (χ4n) is 3.28. The Morgan fingerprint density at radius 1 is 1.32 bits per heavy atom. The molecule has 2 rings (SSSR count). The molecule has 0 heterocycles. The van der Waals surface area contributed by atoms with E-state index in [-0.39, 0.29) is 0 Å². The van der Waals surface area contributed by atoms with Gasteiger partial charge in [-0.15, -0.1) is 0 Å². The summed E-state index contributed by atoms with van der Waals surface area (Å²) in [6.45, 7) is 6.92. The van der Waals surface area contributed by atoms with Crippen molar-refractivity contribution in [2.75, 3.05) is 0 Å². The van der Waals surface area contributed by atoms with Crippen LogP contribution in [0.1, 0.15) is 50.7 Å². The molecule has 0 amide bonds. The van der Waals surface area contributed by atoms with Crippen molar-refractivity contribution in [2.45, 2.75) is 58.9 Å². The highest BCUT2D eigenvalue weighted by atomic mass is 15.2. The van der Waals surface area contributed by atoms with Crippen LogP contribution in [0.25, 0.3) is 0 Å². The van der Waals surface area contributed by atoms with Gasteiger partial charge in [0.25, 0.3) is 0 Å². The van der Waals surface area contributed by atoms with Crippen molar-refractivity contribution in [1.82, 2.24) is 5.43 Å². The topological polar surface area (TPSA) is 38.0 Å². The third-order valence-electron chi connectivity index (χ3n) is 4.71. The SMILES string of the molecule is Cc1cccc(CC(NN)C2CCC(C)(C)CC2)c1. The minimum Gasteiger partial charge on any atom is -0.271 e. The average molecular weight is 260 g/mol. The van der Waals surface area contributed by atoms with Crippen LogP contribution in [0.4, 0.5) is 0 Å². The number of nitrogens with two attached hydrogens (primary N) is 1. The number of hydrogen-bond acceptors (Lipinski definition) is 2. The lowest BCUT2D eigenvalue weighted by atomic mass is 9.70. The smallest absolute Gasteiger partial charge is 0.0279 e. The van der Waals surface area contributed by atoms with E-state index >= 15 is 0 Å². The van der Waals surface area contributed by atoms with Crippen LogP contribution in [0.15, 0.2) is 24.3 Å². The van der Waals surface area contributed by atoms with Crippen molar-refractivity contribution in [3.05, 3.63) is 35.4 Å². The number of rotatable bonds is 4. The van der Waals surface area contributed by atoms with Crippen LogP contribution < -0.4 is 11.3 Å². The van der Waals surface area contributed by atoms with E-state index in [2.05, 4.69) is 50.5 Å². The highest BCUT2D eigenvalue weighted by Crippen LogP contribution is 2.39. The van der Waals surface area contributed by atoms with Crippen LogP contribution in [-0.2, 0) is 6.42 Å². The second kappa shape index (κ2) is 6.06. The minimum atomic E-state index is 0.415. The number of aryl methyl sites for hydroxylation is 1. The maximum absolute atomic E-state index is 5.81. The van der Waals surface area contributed by atoms with Crippen molar-refractivity contribution in [1.29, 1.82) is 0 Å². The molecule has 0 aliphatic heterocycles. The molecule has 1 saturated carbocycles. The van der Waals surface area contributed by atoms with Crippen molar-refractivity contribution >= 4 is 0 Å². The van der Waals surface area contributed by atoms with Crippen molar-refractivity contribution in [2.24, 2.45) is 17.2 Å². The Balaban J connectivity index is 1.97. The summed E-state index contributed by atoms with van der Waals surface area (Å²) < 4.78 is 0. The Hall–Kier alpha value is -0.860. The molecule has 1 fully saturated rings. The van der Waals surface area contributed by atoms with Crippen LogP contribution >= 0.6 is 0 Å². The van der Waals surface area contributed by atoms with Crippen LogP contribution in [0.2, 0.25) is 0 Å². The van der Waals surface area contributed by atoms with E-state index in [1.54, 1.807) is 0 Å². The Morgan fingerprint density at radius 2 is 2.00 bits per heavy atom. The molecule has 3 N–H and O–H groups in total. The molecule has 1 aliphatic carbocycles. The summed E-state index contributed by atoms with van der Waals surface area (Å²) in [5, 5.41) is 0. The van der Waals surface area contributed by atoms with Gasteiger partial charge in [-0.2, -0.15) is 0 Å². The molecule has 0 aromatic heterocycles. The highest BCUT2D eigenvalue weighted by Gasteiger charge is 2.30. The average Bonchev–Trinajstić information content (AvgIpc) is 2.36. The normalized spacial score (nSPS) is 21.3. The molecule has 0 saturated heterocycles. The van der Waals surface area contributed by atoms with Gasteiger partial charge in [0.15, 0.2) is 0 Å². The van der Waals surface area contributed by atoms with Crippen LogP contribution in [0.5, 0.6) is 0 Å². The summed E-state index contributed by atoms with van der Waals surface area (Å²) in [5.74, 6) is 6.53. The van der Waals surface area contributed by atoms with E-state index in [1.165, 1.54) is 36.8 Å².